The van der Waals surface area contributed by atoms with E-state index in [2.05, 4.69) is 35.0 Å². The topological polar surface area (TPSA) is 110 Å². The molecule has 8 nitrogen and oxygen atoms in total. The van der Waals surface area contributed by atoms with Crippen LogP contribution in [0.5, 0.6) is 0 Å². The zero-order valence-corrected chi connectivity index (χ0v) is 22.7. The number of nitrogens with one attached hydrogen (secondary N) is 3. The van der Waals surface area contributed by atoms with Crippen LogP contribution in [0.2, 0.25) is 0 Å². The molecule has 0 aliphatic heterocycles. The van der Waals surface area contributed by atoms with E-state index in [1.807, 2.05) is 0 Å². The molecular formula is C27H52N4O4. The molecule has 204 valence electrons. The van der Waals surface area contributed by atoms with Gasteiger partial charge in [0.15, 0.2) is 0 Å². The summed E-state index contributed by atoms with van der Waals surface area (Å²) in [6.07, 6.45) is 21.4. The molecule has 8 heteroatoms. The summed E-state index contributed by atoms with van der Waals surface area (Å²) in [7, 11) is 3.10. The third-order valence-electron chi connectivity index (χ3n) is 5.75. The van der Waals surface area contributed by atoms with Crippen LogP contribution in [-0.4, -0.2) is 62.6 Å². The van der Waals surface area contributed by atoms with E-state index < -0.39 is 10.6 Å². The Hall–Kier alpha value is -1.93. The van der Waals surface area contributed by atoms with Gasteiger partial charge in [-0.05, 0) is 32.1 Å². The maximum atomic E-state index is 11.9. The van der Waals surface area contributed by atoms with Gasteiger partial charge in [0, 0.05) is 19.4 Å². The Morgan fingerprint density at radius 1 is 0.657 bits per heavy atom. The fourth-order valence-corrected chi connectivity index (χ4v) is 3.62. The average Bonchev–Trinajstić information content (AvgIpc) is 2.81. The third-order valence-corrected chi connectivity index (χ3v) is 5.75. The van der Waals surface area contributed by atoms with E-state index in [9.17, 15) is 19.6 Å². The zero-order valence-electron chi connectivity index (χ0n) is 22.7. The molecule has 3 N–H and O–H groups in total. The van der Waals surface area contributed by atoms with Gasteiger partial charge in [0.1, 0.15) is 0 Å². The van der Waals surface area contributed by atoms with E-state index in [0.717, 1.165) is 25.7 Å². The highest BCUT2D eigenvalue weighted by Crippen LogP contribution is 2.09. The summed E-state index contributed by atoms with van der Waals surface area (Å²) in [5.74, 6) is -0.842. The number of carbonyl (C=O) groups is 3. The maximum Gasteiger partial charge on any atom is 0.239 e. The van der Waals surface area contributed by atoms with Crippen molar-refractivity contribution < 1.29 is 19.0 Å². The first kappa shape index (κ1) is 33.1. The summed E-state index contributed by atoms with van der Waals surface area (Å²) in [5.41, 5.74) is 0. The van der Waals surface area contributed by atoms with Gasteiger partial charge in [-0.2, -0.15) is 0 Å². The SMILES string of the molecule is CCCCCCCC/C=C\CCCCCCCC(=O)NCC(=O)NCC(=O)NCCC[N+](C)(C)[O-]. The van der Waals surface area contributed by atoms with Crippen molar-refractivity contribution in [3.05, 3.63) is 17.4 Å². The van der Waals surface area contributed by atoms with Crippen molar-refractivity contribution in [2.45, 2.75) is 103 Å². The predicted octanol–water partition coefficient (Wildman–Crippen LogP) is 4.34. The van der Waals surface area contributed by atoms with Crippen LogP contribution in [-0.2, 0) is 14.4 Å². The van der Waals surface area contributed by atoms with E-state index in [-0.39, 0.29) is 24.9 Å². The summed E-state index contributed by atoms with van der Waals surface area (Å²) < 4.78 is -0.400. The van der Waals surface area contributed by atoms with Crippen LogP contribution in [0.4, 0.5) is 0 Å². The second-order valence-electron chi connectivity index (χ2n) is 9.89. The number of rotatable bonds is 23. The molecule has 0 aromatic heterocycles. The molecule has 0 atom stereocenters. The van der Waals surface area contributed by atoms with E-state index >= 15 is 0 Å². The van der Waals surface area contributed by atoms with Gasteiger partial charge in [-0.15, -0.1) is 0 Å². The highest BCUT2D eigenvalue weighted by atomic mass is 16.5. The summed E-state index contributed by atoms with van der Waals surface area (Å²) in [6.45, 7) is 2.79. The average molecular weight is 497 g/mol. The van der Waals surface area contributed by atoms with Gasteiger partial charge in [-0.25, -0.2) is 0 Å². The third kappa shape index (κ3) is 26.5. The highest BCUT2D eigenvalue weighted by molar-refractivity contribution is 5.88. The predicted molar refractivity (Wildman–Crippen MR) is 143 cm³/mol. The quantitative estimate of drug-likeness (QED) is 0.0846. The molecule has 0 aliphatic rings. The second-order valence-corrected chi connectivity index (χ2v) is 9.89. The lowest BCUT2D eigenvalue weighted by molar-refractivity contribution is -0.840. The van der Waals surface area contributed by atoms with Crippen LogP contribution in [0.15, 0.2) is 12.2 Å². The molecular weight excluding hydrogens is 444 g/mol. The molecule has 0 spiro atoms. The van der Waals surface area contributed by atoms with Crippen molar-refractivity contribution in [1.82, 2.24) is 16.0 Å². The lowest BCUT2D eigenvalue weighted by atomic mass is 10.1. The molecule has 0 bridgehead atoms. The van der Waals surface area contributed by atoms with Crippen LogP contribution >= 0.6 is 0 Å². The molecule has 0 saturated carbocycles. The molecule has 0 aromatic rings. The minimum atomic E-state index is -0.400. The zero-order chi connectivity index (χ0) is 26.2. The fourth-order valence-electron chi connectivity index (χ4n) is 3.62. The van der Waals surface area contributed by atoms with Crippen molar-refractivity contribution in [2.24, 2.45) is 0 Å². The lowest BCUT2D eigenvalue weighted by Gasteiger charge is -2.33. The lowest BCUT2D eigenvalue weighted by Crippen LogP contribution is -2.42. The maximum absolute atomic E-state index is 11.9. The number of nitrogens with zero attached hydrogens (tertiary/aromatic N) is 1. The number of hydroxylamine groups is 3. The monoisotopic (exact) mass is 496 g/mol. The molecule has 0 aromatic carbocycles. The Balaban J connectivity index is 3.49. The van der Waals surface area contributed by atoms with Gasteiger partial charge in [0.2, 0.25) is 17.7 Å². The van der Waals surface area contributed by atoms with Crippen LogP contribution in [0.3, 0.4) is 0 Å². The van der Waals surface area contributed by atoms with Crippen LogP contribution in [0, 0.1) is 5.21 Å². The number of hydrogen-bond acceptors (Lipinski definition) is 4. The van der Waals surface area contributed by atoms with E-state index in [0.29, 0.717) is 25.9 Å². The molecule has 0 rings (SSSR count). The normalized spacial score (nSPS) is 11.5. The molecule has 0 radical (unpaired) electrons. The van der Waals surface area contributed by atoms with Crippen molar-refractivity contribution in [3.8, 4) is 0 Å². The van der Waals surface area contributed by atoms with Gasteiger partial charge < -0.3 is 25.8 Å². The number of amides is 3. The first-order valence-electron chi connectivity index (χ1n) is 13.7. The Bertz CT molecular complexity index is 588. The van der Waals surface area contributed by atoms with Gasteiger partial charge in [0.25, 0.3) is 0 Å². The molecule has 3 amide bonds. The summed E-state index contributed by atoms with van der Waals surface area (Å²) in [5, 5.41) is 19.2. The van der Waals surface area contributed by atoms with Crippen LogP contribution < -0.4 is 16.0 Å². The summed E-state index contributed by atoms with van der Waals surface area (Å²) >= 11 is 0. The summed E-state index contributed by atoms with van der Waals surface area (Å²) in [4.78, 5) is 35.3. The number of unbranched alkanes of at least 4 members (excludes halogenated alkanes) is 11. The van der Waals surface area contributed by atoms with Gasteiger partial charge in [0.05, 0.1) is 33.7 Å². The summed E-state index contributed by atoms with van der Waals surface area (Å²) in [6, 6.07) is 0. The van der Waals surface area contributed by atoms with Crippen molar-refractivity contribution >= 4 is 17.7 Å². The van der Waals surface area contributed by atoms with Crippen LogP contribution in [0.1, 0.15) is 103 Å². The number of hydrogen-bond donors (Lipinski definition) is 3. The van der Waals surface area contributed by atoms with Crippen LogP contribution in [0.25, 0.3) is 0 Å². The largest absolute Gasteiger partial charge is 0.633 e. The highest BCUT2D eigenvalue weighted by Gasteiger charge is 2.08. The first-order valence-corrected chi connectivity index (χ1v) is 13.7. The Morgan fingerprint density at radius 2 is 1.14 bits per heavy atom. The molecule has 0 saturated heterocycles. The minimum Gasteiger partial charge on any atom is -0.633 e. The molecule has 0 unspecified atom stereocenters. The second kappa shape index (κ2) is 22.5. The van der Waals surface area contributed by atoms with E-state index in [4.69, 9.17) is 0 Å². The Kier molecular flexibility index (Phi) is 21.3. The molecule has 35 heavy (non-hydrogen) atoms. The minimum absolute atomic E-state index is 0.126. The van der Waals surface area contributed by atoms with Crippen molar-refractivity contribution in [1.29, 1.82) is 0 Å². The Labute approximate surface area is 213 Å². The van der Waals surface area contributed by atoms with Crippen molar-refractivity contribution in [3.63, 3.8) is 0 Å². The van der Waals surface area contributed by atoms with Gasteiger partial charge in [-0.1, -0.05) is 70.4 Å². The van der Waals surface area contributed by atoms with Crippen molar-refractivity contribution in [2.75, 3.05) is 40.3 Å². The van der Waals surface area contributed by atoms with Gasteiger partial charge >= 0.3 is 0 Å². The van der Waals surface area contributed by atoms with Gasteiger partial charge in [-0.3, -0.25) is 14.4 Å². The fraction of sp³-hybridized carbons (Fsp3) is 0.815. The molecule has 0 aliphatic carbocycles. The smallest absolute Gasteiger partial charge is 0.239 e. The molecule has 0 heterocycles. The first-order chi connectivity index (χ1) is 16.7. The number of quaternary nitrogens is 1. The van der Waals surface area contributed by atoms with E-state index in [1.54, 1.807) is 14.1 Å². The molecule has 0 fully saturated rings. The number of carbonyl (C=O) groups excluding carboxylic acids is 3. The standard InChI is InChI=1S/C27H52N4O4/c1-4-5-6-7-8-9-10-11-12-13-14-15-16-17-18-20-25(32)29-24-27(34)30-23-26(33)28-21-19-22-31(2,3)35/h11-12H,4-10,13-24H2,1-3H3,(H,28,33)(H,29,32)(H,30,34)/b12-11-. The van der Waals surface area contributed by atoms with E-state index in [1.165, 1.54) is 57.8 Å². The number of allylic oxidation sites excluding steroid dienone is 2. The Morgan fingerprint density at radius 3 is 1.71 bits per heavy atom.